The van der Waals surface area contributed by atoms with Gasteiger partial charge in [0.2, 0.25) is 11.5 Å². The van der Waals surface area contributed by atoms with E-state index in [9.17, 15) is 35.9 Å². The molecule has 0 bridgehead atoms. The quantitative estimate of drug-likeness (QED) is 0.225. The van der Waals surface area contributed by atoms with E-state index in [2.05, 4.69) is 4.74 Å². The summed E-state index contributed by atoms with van der Waals surface area (Å²) in [4.78, 5) is 21.7. The lowest BCUT2D eigenvalue weighted by Gasteiger charge is -2.26. The van der Waals surface area contributed by atoms with Gasteiger partial charge in [-0.05, 0) is 32.1 Å². The number of ether oxygens (including phenoxy) is 2. The highest BCUT2D eigenvalue weighted by molar-refractivity contribution is 5.88. The van der Waals surface area contributed by atoms with Crippen molar-refractivity contribution in [2.45, 2.75) is 52.9 Å². The van der Waals surface area contributed by atoms with E-state index in [-0.39, 0.29) is 19.4 Å². The lowest BCUT2D eigenvalue weighted by Crippen LogP contribution is -2.24. The predicted octanol–water partition coefficient (Wildman–Crippen LogP) is 4.90. The molecule has 0 saturated heterocycles. The number of hydrogen-bond donors (Lipinski definition) is 0. The highest BCUT2D eigenvalue weighted by Crippen LogP contribution is 2.31. The van der Waals surface area contributed by atoms with Crippen molar-refractivity contribution in [3.8, 4) is 0 Å². The number of halogens is 6. The largest absolute Gasteiger partial charge is 0.489 e. The smallest absolute Gasteiger partial charge is 0.449 e. The summed E-state index contributed by atoms with van der Waals surface area (Å²) in [5.74, 6) is -4.51. The molecule has 0 atom stereocenters. The van der Waals surface area contributed by atoms with Crippen LogP contribution in [0, 0.1) is 5.41 Å². The zero-order valence-corrected chi connectivity index (χ0v) is 15.4. The first kappa shape index (κ1) is 25.0. The van der Waals surface area contributed by atoms with Gasteiger partial charge >= 0.3 is 12.4 Å². The fourth-order valence-corrected chi connectivity index (χ4v) is 1.86. The summed E-state index contributed by atoms with van der Waals surface area (Å²) in [5.41, 5.74) is -0.826. The van der Waals surface area contributed by atoms with E-state index in [4.69, 9.17) is 4.74 Å². The lowest BCUT2D eigenvalue weighted by molar-refractivity contribution is -0.138. The van der Waals surface area contributed by atoms with Crippen LogP contribution in [0.3, 0.4) is 0 Å². The van der Waals surface area contributed by atoms with E-state index < -0.39 is 47.5 Å². The van der Waals surface area contributed by atoms with Gasteiger partial charge in [-0.3, -0.25) is 9.59 Å². The van der Waals surface area contributed by atoms with Crippen LogP contribution in [0.2, 0.25) is 0 Å². The summed E-state index contributed by atoms with van der Waals surface area (Å²) in [6.07, 6.45) is -8.71. The SMILES string of the molecule is CC(=O)/C=C(\OCCCC(C)(C)CO/C(=C\C(C)=O)C(F)(F)F)C(F)(F)F. The van der Waals surface area contributed by atoms with E-state index in [1.165, 1.54) is 0 Å². The molecule has 0 unspecified atom stereocenters. The van der Waals surface area contributed by atoms with Gasteiger partial charge in [0, 0.05) is 12.2 Å². The fourth-order valence-electron chi connectivity index (χ4n) is 1.86. The van der Waals surface area contributed by atoms with Gasteiger partial charge in [-0.1, -0.05) is 13.8 Å². The second kappa shape index (κ2) is 9.80. The van der Waals surface area contributed by atoms with E-state index in [1.807, 2.05) is 0 Å². The van der Waals surface area contributed by atoms with E-state index in [0.717, 1.165) is 13.8 Å². The van der Waals surface area contributed by atoms with Gasteiger partial charge in [0.15, 0.2) is 11.6 Å². The molecule has 0 heterocycles. The second-order valence-electron chi connectivity index (χ2n) is 6.64. The Labute approximate surface area is 153 Å². The molecule has 0 fully saturated rings. The number of allylic oxidation sites excluding steroid dienone is 4. The summed E-state index contributed by atoms with van der Waals surface area (Å²) >= 11 is 0. The van der Waals surface area contributed by atoms with E-state index in [1.54, 1.807) is 13.8 Å². The Bertz CT molecular complexity index is 585. The third-order valence-electron chi connectivity index (χ3n) is 3.10. The molecule has 0 radical (unpaired) electrons. The molecule has 0 spiro atoms. The normalized spacial score (nSPS) is 14.1. The van der Waals surface area contributed by atoms with Gasteiger partial charge in [0.25, 0.3) is 0 Å². The lowest BCUT2D eigenvalue weighted by atomic mass is 9.89. The molecule has 0 aliphatic carbocycles. The fraction of sp³-hybridized carbons (Fsp3) is 0.647. The van der Waals surface area contributed by atoms with Gasteiger partial charge in [-0.15, -0.1) is 0 Å². The molecule has 0 aliphatic heterocycles. The topological polar surface area (TPSA) is 52.6 Å². The zero-order chi connectivity index (χ0) is 21.5. The molecular weight excluding hydrogens is 382 g/mol. The van der Waals surface area contributed by atoms with Crippen molar-refractivity contribution >= 4 is 11.6 Å². The number of carbonyl (C=O) groups is 2. The van der Waals surface area contributed by atoms with Crippen LogP contribution < -0.4 is 0 Å². The highest BCUT2D eigenvalue weighted by Gasteiger charge is 2.38. The maximum atomic E-state index is 12.8. The molecule has 0 amide bonds. The van der Waals surface area contributed by atoms with E-state index >= 15 is 0 Å². The molecule has 0 aromatic carbocycles. The average Bonchev–Trinajstić information content (AvgIpc) is 2.43. The van der Waals surface area contributed by atoms with Crippen molar-refractivity contribution in [3.05, 3.63) is 23.7 Å². The summed E-state index contributed by atoms with van der Waals surface area (Å²) in [6, 6.07) is 0. The Morgan fingerprint density at radius 3 is 1.59 bits per heavy atom. The van der Waals surface area contributed by atoms with Gasteiger partial charge in [-0.2, -0.15) is 26.3 Å². The van der Waals surface area contributed by atoms with E-state index in [0.29, 0.717) is 12.2 Å². The monoisotopic (exact) mass is 404 g/mol. The number of alkyl halides is 6. The molecule has 0 aromatic rings. The van der Waals surface area contributed by atoms with Crippen LogP contribution in [0.4, 0.5) is 26.3 Å². The maximum Gasteiger partial charge on any atom is 0.449 e. The van der Waals surface area contributed by atoms with Gasteiger partial charge in [0.05, 0.1) is 13.2 Å². The van der Waals surface area contributed by atoms with Crippen LogP contribution >= 0.6 is 0 Å². The molecule has 0 saturated carbocycles. The van der Waals surface area contributed by atoms with Crippen LogP contribution in [0.15, 0.2) is 23.7 Å². The van der Waals surface area contributed by atoms with Crippen molar-refractivity contribution in [1.29, 1.82) is 0 Å². The van der Waals surface area contributed by atoms with Crippen LogP contribution in [-0.2, 0) is 19.1 Å². The molecule has 0 aromatic heterocycles. The molecule has 0 N–H and O–H groups in total. The maximum absolute atomic E-state index is 12.8. The zero-order valence-electron chi connectivity index (χ0n) is 15.4. The van der Waals surface area contributed by atoms with Crippen LogP contribution in [0.1, 0.15) is 40.5 Å². The van der Waals surface area contributed by atoms with Crippen LogP contribution in [-0.4, -0.2) is 37.1 Å². The number of ketones is 2. The molecule has 10 heteroatoms. The Hall–Kier alpha value is -2.00. The highest BCUT2D eigenvalue weighted by atomic mass is 19.4. The summed E-state index contributed by atoms with van der Waals surface area (Å²) < 4.78 is 85.6. The summed E-state index contributed by atoms with van der Waals surface area (Å²) in [7, 11) is 0. The van der Waals surface area contributed by atoms with Crippen molar-refractivity contribution in [2.24, 2.45) is 5.41 Å². The number of rotatable bonds is 10. The first-order valence-electron chi connectivity index (χ1n) is 7.89. The molecule has 0 aliphatic rings. The standard InChI is InChI=1S/C17H22F6O4/c1-11(24)8-13(16(18,19)20)26-7-5-6-15(3,4)10-27-14(9-12(2)25)17(21,22)23/h8-9H,5-7,10H2,1-4H3/b13-8-,14-9-. The Morgan fingerprint density at radius 2 is 1.22 bits per heavy atom. The summed E-state index contributed by atoms with van der Waals surface area (Å²) in [5, 5.41) is 0. The molecule has 0 rings (SSSR count). The molecular formula is C17H22F6O4. The van der Waals surface area contributed by atoms with Gasteiger partial charge < -0.3 is 9.47 Å². The Balaban J connectivity index is 4.69. The Kier molecular flexibility index (Phi) is 9.07. The molecule has 4 nitrogen and oxygen atoms in total. The third-order valence-corrected chi connectivity index (χ3v) is 3.10. The number of hydrogen-bond acceptors (Lipinski definition) is 4. The van der Waals surface area contributed by atoms with Gasteiger partial charge in [0.1, 0.15) is 0 Å². The first-order valence-corrected chi connectivity index (χ1v) is 7.89. The average molecular weight is 404 g/mol. The van der Waals surface area contributed by atoms with Crippen molar-refractivity contribution < 1.29 is 45.4 Å². The molecule has 27 heavy (non-hydrogen) atoms. The minimum absolute atomic E-state index is 0.0828. The minimum Gasteiger partial charge on any atom is -0.489 e. The minimum atomic E-state index is -4.83. The van der Waals surface area contributed by atoms with Crippen molar-refractivity contribution in [2.75, 3.05) is 13.2 Å². The van der Waals surface area contributed by atoms with Crippen molar-refractivity contribution in [3.63, 3.8) is 0 Å². The second-order valence-corrected chi connectivity index (χ2v) is 6.64. The van der Waals surface area contributed by atoms with Crippen LogP contribution in [0.25, 0.3) is 0 Å². The summed E-state index contributed by atoms with van der Waals surface area (Å²) in [6.45, 7) is 4.24. The molecule has 156 valence electrons. The van der Waals surface area contributed by atoms with Gasteiger partial charge in [-0.25, -0.2) is 0 Å². The van der Waals surface area contributed by atoms with Crippen LogP contribution in [0.5, 0.6) is 0 Å². The Morgan fingerprint density at radius 1 is 0.815 bits per heavy atom. The number of carbonyl (C=O) groups excluding carboxylic acids is 2. The predicted molar refractivity (Wildman–Crippen MR) is 84.6 cm³/mol. The third kappa shape index (κ3) is 11.3. The first-order chi connectivity index (χ1) is 12.0. The van der Waals surface area contributed by atoms with Crippen molar-refractivity contribution in [1.82, 2.24) is 0 Å².